The number of fused-ring (bicyclic) bond motifs is 2. The number of imidazole rings is 2. The fourth-order valence-corrected chi connectivity index (χ4v) is 10.0. The minimum Gasteiger partial charge on any atom is -0.481 e. The van der Waals surface area contributed by atoms with Crippen LogP contribution in [0.25, 0.3) is 67.6 Å². The number of aryl methyl sites for hydroxylation is 2. The van der Waals surface area contributed by atoms with E-state index in [-0.39, 0.29) is 56.0 Å². The van der Waals surface area contributed by atoms with Crippen LogP contribution in [0.15, 0.2) is 133 Å². The zero-order valence-electron chi connectivity index (χ0n) is 44.6. The van der Waals surface area contributed by atoms with Gasteiger partial charge in [-0.2, -0.15) is 10.2 Å². The molecule has 10 aromatic rings. The van der Waals surface area contributed by atoms with Crippen LogP contribution in [0.1, 0.15) is 44.7 Å². The number of aliphatic carboxylic acids is 2. The molecule has 4 N–H and O–H groups in total. The van der Waals surface area contributed by atoms with Gasteiger partial charge in [0.1, 0.15) is 22.9 Å². The SMILES string of the molecule is Cn1c(-c2cc(-c3cc(Cl)cc(Cl)c3)nn2Cc2ccc(C(=O)NCCC(=O)O)cc2)nc2cc(OC(F)(F)F)ccc21.Cn1c(-c2cc(-c3cc(Cl)cc(Cl)c3)nn2Cc2ccc(C(=O)NCCC(=O)O)cc2)nc2ccc(OC(F)(F)F)cc21. The zero-order chi connectivity index (χ0) is 61.8. The Morgan fingerprint density at radius 1 is 0.500 bits per heavy atom. The number of aromatic nitrogens is 8. The van der Waals surface area contributed by atoms with Crippen molar-refractivity contribution in [3.63, 3.8) is 0 Å². The molecule has 86 heavy (non-hydrogen) atoms. The van der Waals surface area contributed by atoms with Gasteiger partial charge in [-0.3, -0.25) is 28.5 Å². The molecule has 28 heteroatoms. The highest BCUT2D eigenvalue weighted by molar-refractivity contribution is 6.35. The summed E-state index contributed by atoms with van der Waals surface area (Å²) < 4.78 is 91.8. The molecular formula is C58H44Cl4F6N10O8. The molecule has 6 aromatic carbocycles. The number of ether oxygens (including phenoxy) is 2. The summed E-state index contributed by atoms with van der Waals surface area (Å²) in [5.41, 5.74) is 7.45. The normalized spacial score (nSPS) is 11.6. The molecule has 0 unspecified atom stereocenters. The van der Waals surface area contributed by atoms with E-state index in [4.69, 9.17) is 66.8 Å². The van der Waals surface area contributed by atoms with Gasteiger partial charge >= 0.3 is 24.7 Å². The molecule has 4 aromatic heterocycles. The number of amides is 2. The highest BCUT2D eigenvalue weighted by atomic mass is 35.5. The van der Waals surface area contributed by atoms with E-state index in [1.165, 1.54) is 36.4 Å². The molecule has 0 aliphatic carbocycles. The predicted molar refractivity (Wildman–Crippen MR) is 308 cm³/mol. The molecule has 0 spiro atoms. The lowest BCUT2D eigenvalue weighted by molar-refractivity contribution is -0.275. The Kier molecular flexibility index (Phi) is 18.3. The highest BCUT2D eigenvalue weighted by Gasteiger charge is 2.33. The topological polar surface area (TPSA) is 223 Å². The molecule has 0 atom stereocenters. The van der Waals surface area contributed by atoms with Crippen LogP contribution < -0.4 is 20.1 Å². The van der Waals surface area contributed by atoms with Gasteiger partial charge in [0.25, 0.3) is 11.8 Å². The van der Waals surface area contributed by atoms with Gasteiger partial charge in [-0.15, -0.1) is 26.3 Å². The van der Waals surface area contributed by atoms with E-state index < -0.39 is 36.5 Å². The van der Waals surface area contributed by atoms with E-state index in [0.717, 1.165) is 11.1 Å². The van der Waals surface area contributed by atoms with Gasteiger partial charge in [0.15, 0.2) is 11.6 Å². The van der Waals surface area contributed by atoms with E-state index in [1.54, 1.807) is 130 Å². The first-order chi connectivity index (χ1) is 40.7. The number of rotatable bonds is 18. The van der Waals surface area contributed by atoms with E-state index in [9.17, 15) is 45.5 Å². The van der Waals surface area contributed by atoms with Crippen molar-refractivity contribution in [2.75, 3.05) is 13.1 Å². The van der Waals surface area contributed by atoms with Gasteiger partial charge in [0.2, 0.25) is 0 Å². The fourth-order valence-electron chi connectivity index (χ4n) is 8.96. The zero-order valence-corrected chi connectivity index (χ0v) is 47.7. The Balaban J connectivity index is 0.000000205. The number of benzene rings is 6. The summed E-state index contributed by atoms with van der Waals surface area (Å²) in [5.74, 6) is -2.73. The largest absolute Gasteiger partial charge is 0.573 e. The number of carbonyl (C=O) groups is 4. The molecule has 444 valence electrons. The van der Waals surface area contributed by atoms with E-state index in [0.29, 0.717) is 93.3 Å². The van der Waals surface area contributed by atoms with E-state index in [2.05, 4.69) is 30.1 Å². The summed E-state index contributed by atoms with van der Waals surface area (Å²) >= 11 is 24.9. The molecule has 0 saturated carbocycles. The second kappa shape index (κ2) is 25.6. The highest BCUT2D eigenvalue weighted by Crippen LogP contribution is 2.36. The number of carboxylic acid groups (broad SMARTS) is 2. The molecule has 10 rings (SSSR count). The Hall–Kier alpha value is -9.10. The van der Waals surface area contributed by atoms with Crippen LogP contribution in [0.3, 0.4) is 0 Å². The Bertz CT molecular complexity index is 3990. The van der Waals surface area contributed by atoms with Crippen LogP contribution in [0.2, 0.25) is 20.1 Å². The average Bonchev–Trinajstić information content (AvgIpc) is 2.27. The number of halogens is 10. The van der Waals surface area contributed by atoms with Crippen molar-refractivity contribution in [3.8, 4) is 57.1 Å². The van der Waals surface area contributed by atoms with Crippen molar-refractivity contribution < 1.29 is 65.2 Å². The Labute approximate surface area is 503 Å². The number of carboxylic acids is 2. The van der Waals surface area contributed by atoms with Crippen LogP contribution in [-0.4, -0.2) is 98.4 Å². The molecule has 18 nitrogen and oxygen atoms in total. The maximum absolute atomic E-state index is 12.8. The number of nitrogens with zero attached hydrogens (tertiary/aromatic N) is 8. The second-order valence-electron chi connectivity index (χ2n) is 19.0. The van der Waals surface area contributed by atoms with Gasteiger partial charge in [-0.05, 0) is 108 Å². The predicted octanol–water partition coefficient (Wildman–Crippen LogP) is 13.1. The third-order valence-electron chi connectivity index (χ3n) is 12.9. The number of nitrogens with one attached hydrogen (secondary N) is 2. The molecule has 0 radical (unpaired) electrons. The van der Waals surface area contributed by atoms with Crippen molar-refractivity contribution in [1.82, 2.24) is 49.3 Å². The number of carbonyl (C=O) groups excluding carboxylic acids is 2. The van der Waals surface area contributed by atoms with Crippen LogP contribution in [0.5, 0.6) is 11.5 Å². The lowest BCUT2D eigenvalue weighted by atomic mass is 10.1. The molecule has 2 amide bonds. The average molecular weight is 1260 g/mol. The summed E-state index contributed by atoms with van der Waals surface area (Å²) in [7, 11) is 3.41. The van der Waals surface area contributed by atoms with Crippen LogP contribution >= 0.6 is 46.4 Å². The van der Waals surface area contributed by atoms with Gasteiger partial charge in [-0.25, -0.2) is 9.97 Å². The summed E-state index contributed by atoms with van der Waals surface area (Å²) in [6.45, 7) is 0.502. The lowest BCUT2D eigenvalue weighted by Crippen LogP contribution is -2.25. The smallest absolute Gasteiger partial charge is 0.481 e. The Morgan fingerprint density at radius 2 is 0.895 bits per heavy atom. The molecule has 0 aliphatic rings. The molecule has 0 fully saturated rings. The summed E-state index contributed by atoms with van der Waals surface area (Å²) in [4.78, 5) is 55.4. The first kappa shape index (κ1) is 61.5. The van der Waals surface area contributed by atoms with Gasteiger partial charge in [0.05, 0.1) is 59.4 Å². The van der Waals surface area contributed by atoms with Gasteiger partial charge in [0, 0.05) is 81.7 Å². The second-order valence-corrected chi connectivity index (χ2v) is 20.8. The first-order valence-electron chi connectivity index (χ1n) is 25.4. The van der Waals surface area contributed by atoms with Crippen molar-refractivity contribution in [3.05, 3.63) is 176 Å². The van der Waals surface area contributed by atoms with E-state index in [1.807, 2.05) is 0 Å². The standard InChI is InChI=1S/2C29H22Cl2F3N5O4/c1-38-24-7-6-21(43-29(32,33)34)13-23(24)36-27(38)25-14-22(18-10-19(30)12-20(31)11-18)37-39(25)15-16-2-4-17(5-3-16)28(42)35-9-8-26(40)41;1-38-24-13-21(43-29(32,33)34)6-7-22(24)36-27(38)25-14-23(18-10-19(30)12-20(31)11-18)37-39(25)15-16-2-4-17(5-3-16)28(42)35-9-8-26(40)41/h2*2-7,10-14H,8-9,15H2,1H3,(H,35,42)(H,40,41). The molecular weight excluding hydrogens is 1220 g/mol. The maximum Gasteiger partial charge on any atom is 0.573 e. The molecule has 4 heterocycles. The van der Waals surface area contributed by atoms with Crippen LogP contribution in [0, 0.1) is 0 Å². The van der Waals surface area contributed by atoms with Crippen LogP contribution in [-0.2, 0) is 36.8 Å². The van der Waals surface area contributed by atoms with Crippen molar-refractivity contribution in [2.24, 2.45) is 14.1 Å². The van der Waals surface area contributed by atoms with E-state index >= 15 is 0 Å². The third-order valence-corrected chi connectivity index (χ3v) is 13.7. The number of hydrogen-bond donors (Lipinski definition) is 4. The first-order valence-corrected chi connectivity index (χ1v) is 27.0. The fraction of sp³-hybridized carbons (Fsp3) is 0.172. The van der Waals surface area contributed by atoms with Gasteiger partial charge in [-0.1, -0.05) is 70.7 Å². The molecule has 0 bridgehead atoms. The number of alkyl halides is 6. The summed E-state index contributed by atoms with van der Waals surface area (Å²) in [6.07, 6.45) is -10.1. The number of hydrogen-bond acceptors (Lipinski definition) is 10. The van der Waals surface area contributed by atoms with Crippen molar-refractivity contribution >= 4 is 92.2 Å². The van der Waals surface area contributed by atoms with Crippen LogP contribution in [0.4, 0.5) is 26.3 Å². The quantitative estimate of drug-likeness (QED) is 0.0589. The summed E-state index contributed by atoms with van der Waals surface area (Å²) in [6, 6.07) is 34.8. The molecule has 0 aliphatic heterocycles. The Morgan fingerprint density at radius 3 is 1.31 bits per heavy atom. The third kappa shape index (κ3) is 15.4. The van der Waals surface area contributed by atoms with Crippen molar-refractivity contribution in [2.45, 2.75) is 38.7 Å². The minimum absolute atomic E-state index is 0.00467. The lowest BCUT2D eigenvalue weighted by Gasteiger charge is -2.10. The minimum atomic E-state index is -4.84. The van der Waals surface area contributed by atoms with Gasteiger partial charge < -0.3 is 39.5 Å². The summed E-state index contributed by atoms with van der Waals surface area (Å²) in [5, 5.41) is 33.8. The molecule has 0 saturated heterocycles. The maximum atomic E-state index is 12.8. The van der Waals surface area contributed by atoms with Crippen molar-refractivity contribution in [1.29, 1.82) is 0 Å². The monoisotopic (exact) mass is 1260 g/mol.